The zero-order valence-electron chi connectivity index (χ0n) is 11.9. The van der Waals surface area contributed by atoms with Gasteiger partial charge in [0.25, 0.3) is 0 Å². The summed E-state index contributed by atoms with van der Waals surface area (Å²) in [5, 5.41) is 0. The fraction of sp³-hybridized carbons (Fsp3) is 0.533. The summed E-state index contributed by atoms with van der Waals surface area (Å²) in [6.07, 6.45) is 0. The van der Waals surface area contributed by atoms with E-state index in [0.717, 1.165) is 0 Å². The molecule has 0 bridgehead atoms. The van der Waals surface area contributed by atoms with Gasteiger partial charge in [-0.05, 0) is 32.0 Å². The molecule has 0 spiro atoms. The van der Waals surface area contributed by atoms with Crippen LogP contribution in [0.25, 0.3) is 0 Å². The van der Waals surface area contributed by atoms with E-state index in [-0.39, 0.29) is 5.78 Å². The predicted molar refractivity (Wildman–Crippen MR) is 74.3 cm³/mol. The highest BCUT2D eigenvalue weighted by Crippen LogP contribution is 2.18. The maximum atomic E-state index is 12.2. The van der Waals surface area contributed by atoms with Crippen LogP contribution in [0.2, 0.25) is 0 Å². The van der Waals surface area contributed by atoms with Crippen molar-refractivity contribution in [1.29, 1.82) is 0 Å². The number of ether oxygens (including phenoxy) is 1. The number of hydrogen-bond acceptors (Lipinski definition) is 3. The molecule has 0 fully saturated rings. The monoisotopic (exact) mass is 249 g/mol. The minimum atomic E-state index is 0.0995. The van der Waals surface area contributed by atoms with Gasteiger partial charge in [0.15, 0.2) is 5.78 Å². The molecular weight excluding hydrogens is 226 g/mol. The summed E-state index contributed by atoms with van der Waals surface area (Å²) >= 11 is 0. The van der Waals surface area contributed by atoms with E-state index in [4.69, 9.17) is 4.74 Å². The van der Waals surface area contributed by atoms with E-state index in [9.17, 15) is 4.79 Å². The van der Waals surface area contributed by atoms with E-state index < -0.39 is 0 Å². The SMILES string of the molecule is COc1ccccc1C(=O)CN(C)C(C)C(C)C. The number of Topliss-reactive ketones (excluding diaryl/α,β-unsaturated/α-hetero) is 1. The molecule has 1 rings (SSSR count). The Bertz CT molecular complexity index is 401. The van der Waals surface area contributed by atoms with E-state index >= 15 is 0 Å². The first-order chi connectivity index (χ1) is 8.47. The molecule has 0 radical (unpaired) electrons. The third-order valence-electron chi connectivity index (χ3n) is 3.46. The Morgan fingerprint density at radius 1 is 1.28 bits per heavy atom. The van der Waals surface area contributed by atoms with Crippen LogP contribution < -0.4 is 4.74 Å². The highest BCUT2D eigenvalue weighted by molar-refractivity contribution is 6.00. The van der Waals surface area contributed by atoms with Crippen LogP contribution in [-0.2, 0) is 0 Å². The molecule has 0 saturated heterocycles. The predicted octanol–water partition coefficient (Wildman–Crippen LogP) is 2.85. The highest BCUT2D eigenvalue weighted by atomic mass is 16.5. The summed E-state index contributed by atoms with van der Waals surface area (Å²) in [6.45, 7) is 6.88. The van der Waals surface area contributed by atoms with Crippen molar-refractivity contribution in [3.63, 3.8) is 0 Å². The average Bonchev–Trinajstić information content (AvgIpc) is 2.37. The minimum Gasteiger partial charge on any atom is -0.496 e. The van der Waals surface area contributed by atoms with E-state index in [0.29, 0.717) is 29.8 Å². The lowest BCUT2D eigenvalue weighted by Gasteiger charge is -2.27. The minimum absolute atomic E-state index is 0.0995. The van der Waals surface area contributed by atoms with E-state index in [1.165, 1.54) is 0 Å². The topological polar surface area (TPSA) is 29.5 Å². The quantitative estimate of drug-likeness (QED) is 0.726. The van der Waals surface area contributed by atoms with Crippen LogP contribution in [0, 0.1) is 5.92 Å². The van der Waals surface area contributed by atoms with Gasteiger partial charge in [-0.1, -0.05) is 26.0 Å². The third kappa shape index (κ3) is 3.57. The Morgan fingerprint density at radius 3 is 2.44 bits per heavy atom. The number of ketones is 1. The first-order valence-corrected chi connectivity index (χ1v) is 6.33. The second-order valence-corrected chi connectivity index (χ2v) is 5.02. The van der Waals surface area contributed by atoms with Crippen LogP contribution in [-0.4, -0.2) is 37.4 Å². The molecule has 0 heterocycles. The molecule has 3 heteroatoms. The van der Waals surface area contributed by atoms with Crippen molar-refractivity contribution in [2.24, 2.45) is 5.92 Å². The number of nitrogens with zero attached hydrogens (tertiary/aromatic N) is 1. The fourth-order valence-electron chi connectivity index (χ4n) is 1.84. The van der Waals surface area contributed by atoms with Crippen LogP contribution in [0.15, 0.2) is 24.3 Å². The Kier molecular flexibility index (Phi) is 5.35. The Balaban J connectivity index is 2.76. The van der Waals surface area contributed by atoms with E-state index in [1.54, 1.807) is 7.11 Å². The highest BCUT2D eigenvalue weighted by Gasteiger charge is 2.18. The van der Waals surface area contributed by atoms with Gasteiger partial charge in [0.05, 0.1) is 19.2 Å². The molecule has 0 amide bonds. The van der Waals surface area contributed by atoms with Crippen LogP contribution in [0.5, 0.6) is 5.75 Å². The molecule has 0 aromatic heterocycles. The molecule has 100 valence electrons. The van der Waals surface area contributed by atoms with Crippen LogP contribution in [0.1, 0.15) is 31.1 Å². The maximum absolute atomic E-state index is 12.2. The van der Waals surface area contributed by atoms with Crippen molar-refractivity contribution >= 4 is 5.78 Å². The number of carbonyl (C=O) groups is 1. The van der Waals surface area contributed by atoms with Crippen molar-refractivity contribution in [3.8, 4) is 5.75 Å². The average molecular weight is 249 g/mol. The summed E-state index contributed by atoms with van der Waals surface area (Å²) in [5.41, 5.74) is 0.655. The molecule has 0 aliphatic heterocycles. The van der Waals surface area contributed by atoms with Crippen molar-refractivity contribution in [2.45, 2.75) is 26.8 Å². The first-order valence-electron chi connectivity index (χ1n) is 6.33. The van der Waals surface area contributed by atoms with E-state index in [2.05, 4.69) is 25.7 Å². The molecule has 0 aliphatic carbocycles. The molecule has 0 aliphatic rings. The lowest BCUT2D eigenvalue weighted by molar-refractivity contribution is 0.0904. The van der Waals surface area contributed by atoms with Crippen molar-refractivity contribution in [1.82, 2.24) is 4.90 Å². The Labute approximate surface area is 110 Å². The second-order valence-electron chi connectivity index (χ2n) is 5.02. The number of methoxy groups -OCH3 is 1. The summed E-state index contributed by atoms with van der Waals surface area (Å²) in [6, 6.07) is 7.75. The fourth-order valence-corrected chi connectivity index (χ4v) is 1.84. The Morgan fingerprint density at radius 2 is 1.89 bits per heavy atom. The number of rotatable bonds is 6. The van der Waals surface area contributed by atoms with Crippen molar-refractivity contribution in [2.75, 3.05) is 20.7 Å². The van der Waals surface area contributed by atoms with Gasteiger partial charge < -0.3 is 4.74 Å². The van der Waals surface area contributed by atoms with Crippen LogP contribution in [0.4, 0.5) is 0 Å². The zero-order chi connectivity index (χ0) is 13.7. The smallest absolute Gasteiger partial charge is 0.180 e. The normalized spacial score (nSPS) is 12.8. The lowest BCUT2D eigenvalue weighted by atomic mass is 10.0. The maximum Gasteiger partial charge on any atom is 0.180 e. The molecule has 18 heavy (non-hydrogen) atoms. The summed E-state index contributed by atoms with van der Waals surface area (Å²) in [7, 11) is 3.57. The standard InChI is InChI=1S/C15H23NO2/c1-11(2)12(3)16(4)10-14(17)13-8-6-7-9-15(13)18-5/h6-9,11-12H,10H2,1-5H3. The molecule has 1 aromatic rings. The number of para-hydroxylation sites is 1. The number of benzene rings is 1. The molecular formula is C15H23NO2. The molecule has 3 nitrogen and oxygen atoms in total. The molecule has 1 aromatic carbocycles. The van der Waals surface area contributed by atoms with Gasteiger partial charge in [-0.15, -0.1) is 0 Å². The molecule has 1 atom stereocenters. The Hall–Kier alpha value is -1.35. The van der Waals surface area contributed by atoms with Gasteiger partial charge in [-0.2, -0.15) is 0 Å². The van der Waals surface area contributed by atoms with Crippen LogP contribution in [0.3, 0.4) is 0 Å². The largest absolute Gasteiger partial charge is 0.496 e. The third-order valence-corrected chi connectivity index (χ3v) is 3.46. The van der Waals surface area contributed by atoms with Crippen LogP contribution >= 0.6 is 0 Å². The number of carbonyl (C=O) groups excluding carboxylic acids is 1. The van der Waals surface area contributed by atoms with E-state index in [1.807, 2.05) is 31.3 Å². The number of likely N-dealkylation sites (N-methyl/N-ethyl adjacent to an activating group) is 1. The lowest BCUT2D eigenvalue weighted by Crippen LogP contribution is -2.37. The molecule has 0 N–H and O–H groups in total. The first kappa shape index (κ1) is 14.7. The van der Waals surface area contributed by atoms with Crippen molar-refractivity contribution < 1.29 is 9.53 Å². The molecule has 0 saturated carbocycles. The van der Waals surface area contributed by atoms with Gasteiger partial charge in [-0.25, -0.2) is 0 Å². The summed E-state index contributed by atoms with van der Waals surface area (Å²) in [4.78, 5) is 14.3. The van der Waals surface area contributed by atoms with Gasteiger partial charge in [0.2, 0.25) is 0 Å². The van der Waals surface area contributed by atoms with Crippen molar-refractivity contribution in [3.05, 3.63) is 29.8 Å². The summed E-state index contributed by atoms with van der Waals surface area (Å²) in [5.74, 6) is 1.27. The number of hydrogen-bond donors (Lipinski definition) is 0. The molecule has 1 unspecified atom stereocenters. The zero-order valence-corrected chi connectivity index (χ0v) is 11.9. The van der Waals surface area contributed by atoms with Gasteiger partial charge in [-0.3, -0.25) is 9.69 Å². The second kappa shape index (κ2) is 6.55. The van der Waals surface area contributed by atoms with Gasteiger partial charge in [0.1, 0.15) is 5.75 Å². The van der Waals surface area contributed by atoms with Gasteiger partial charge in [0, 0.05) is 6.04 Å². The summed E-state index contributed by atoms with van der Waals surface area (Å²) < 4.78 is 5.22. The van der Waals surface area contributed by atoms with Gasteiger partial charge >= 0.3 is 0 Å².